The zero-order chi connectivity index (χ0) is 22.7. The summed E-state index contributed by atoms with van der Waals surface area (Å²) < 4.78 is 5.88. The first-order valence-corrected chi connectivity index (χ1v) is 11.1. The van der Waals surface area contributed by atoms with Crippen molar-refractivity contribution in [2.45, 2.75) is 38.3 Å². The molecule has 0 aliphatic rings. The first-order chi connectivity index (χ1) is 16.2. The van der Waals surface area contributed by atoms with E-state index in [4.69, 9.17) is 4.74 Å². The molecule has 0 fully saturated rings. The fourth-order valence-corrected chi connectivity index (χ4v) is 3.62. The number of nitrogens with one attached hydrogen (secondary N) is 2. The molecule has 2 N–H and O–H groups in total. The SMILES string of the molecule is O=C(Cc1ccccc1)N[C@@H](CCc1nn[nH]n1)Cc1ccc(OCc2ccccc2)cc1. The molecular weight excluding hydrogens is 414 g/mol. The van der Waals surface area contributed by atoms with Crippen LogP contribution in [0.4, 0.5) is 0 Å². The Morgan fingerprint density at radius 1 is 0.879 bits per heavy atom. The van der Waals surface area contributed by atoms with Gasteiger partial charge in [0.2, 0.25) is 5.91 Å². The topological polar surface area (TPSA) is 92.8 Å². The van der Waals surface area contributed by atoms with Crippen molar-refractivity contribution in [3.05, 3.63) is 107 Å². The summed E-state index contributed by atoms with van der Waals surface area (Å²) in [6, 6.07) is 27.8. The molecule has 0 aliphatic carbocycles. The first-order valence-electron chi connectivity index (χ1n) is 11.1. The Morgan fingerprint density at radius 2 is 1.58 bits per heavy atom. The second kappa shape index (κ2) is 11.6. The van der Waals surface area contributed by atoms with Crippen molar-refractivity contribution in [3.63, 3.8) is 0 Å². The summed E-state index contributed by atoms with van der Waals surface area (Å²) in [6.07, 6.45) is 2.40. The largest absolute Gasteiger partial charge is 0.489 e. The standard InChI is InChI=1S/C26H27N5O2/c32-26(18-20-7-3-1-4-8-20)27-23(13-16-25-28-30-31-29-25)17-21-11-14-24(15-12-21)33-19-22-9-5-2-6-10-22/h1-12,14-15,23H,13,16-19H2,(H,27,32)(H,28,29,30,31)/t23-/m0/s1. The van der Waals surface area contributed by atoms with Crippen LogP contribution in [-0.2, 0) is 30.7 Å². The van der Waals surface area contributed by atoms with E-state index in [2.05, 4.69) is 25.9 Å². The third kappa shape index (κ3) is 7.28. The Bertz CT molecular complexity index is 1100. The second-order valence-corrected chi connectivity index (χ2v) is 7.92. The minimum absolute atomic E-state index is 0.00197. The van der Waals surface area contributed by atoms with Gasteiger partial charge in [-0.3, -0.25) is 4.79 Å². The molecule has 7 heteroatoms. The summed E-state index contributed by atoms with van der Waals surface area (Å²) >= 11 is 0. The number of amides is 1. The number of nitrogens with zero attached hydrogens (tertiary/aromatic N) is 3. The average Bonchev–Trinajstić information content (AvgIpc) is 3.37. The molecule has 0 saturated heterocycles. The Labute approximate surface area is 193 Å². The van der Waals surface area contributed by atoms with Crippen LogP contribution in [0, 0.1) is 0 Å². The molecule has 1 heterocycles. The molecule has 0 saturated carbocycles. The van der Waals surface area contributed by atoms with Crippen LogP contribution in [0.1, 0.15) is 28.9 Å². The van der Waals surface area contributed by atoms with Gasteiger partial charge in [-0.2, -0.15) is 5.21 Å². The van der Waals surface area contributed by atoms with E-state index < -0.39 is 0 Å². The van der Waals surface area contributed by atoms with Crippen LogP contribution < -0.4 is 10.1 Å². The summed E-state index contributed by atoms with van der Waals surface area (Å²) in [7, 11) is 0. The number of H-pyrrole nitrogens is 1. The number of hydrogen-bond donors (Lipinski definition) is 2. The summed E-state index contributed by atoms with van der Waals surface area (Å²) in [6.45, 7) is 0.531. The molecule has 1 aromatic heterocycles. The molecule has 33 heavy (non-hydrogen) atoms. The van der Waals surface area contributed by atoms with Gasteiger partial charge in [0.15, 0.2) is 5.82 Å². The molecule has 0 unspecified atom stereocenters. The molecule has 3 aromatic carbocycles. The van der Waals surface area contributed by atoms with Crippen molar-refractivity contribution in [2.75, 3.05) is 0 Å². The van der Waals surface area contributed by atoms with E-state index in [-0.39, 0.29) is 11.9 Å². The van der Waals surface area contributed by atoms with Crippen LogP contribution in [0.2, 0.25) is 0 Å². The number of aromatic amines is 1. The fraction of sp³-hybridized carbons (Fsp3) is 0.231. The molecule has 7 nitrogen and oxygen atoms in total. The molecule has 4 aromatic rings. The smallest absolute Gasteiger partial charge is 0.224 e. The Hall–Kier alpha value is -4.00. The molecule has 0 radical (unpaired) electrons. The highest BCUT2D eigenvalue weighted by Gasteiger charge is 2.15. The number of carbonyl (C=O) groups is 1. The normalized spacial score (nSPS) is 11.6. The maximum atomic E-state index is 12.7. The van der Waals surface area contributed by atoms with Crippen LogP contribution in [-0.4, -0.2) is 32.6 Å². The number of rotatable bonds is 11. The van der Waals surface area contributed by atoms with Crippen molar-refractivity contribution in [3.8, 4) is 5.75 Å². The summed E-state index contributed by atoms with van der Waals surface area (Å²) in [5.41, 5.74) is 3.25. The lowest BCUT2D eigenvalue weighted by Gasteiger charge is -2.19. The van der Waals surface area contributed by atoms with E-state index >= 15 is 0 Å². The van der Waals surface area contributed by atoms with Crippen molar-refractivity contribution in [2.24, 2.45) is 0 Å². The van der Waals surface area contributed by atoms with Crippen LogP contribution in [0.5, 0.6) is 5.75 Å². The number of ether oxygens (including phenoxy) is 1. The molecular formula is C26H27N5O2. The number of tetrazole rings is 1. The van der Waals surface area contributed by atoms with Gasteiger partial charge in [-0.1, -0.05) is 78.0 Å². The van der Waals surface area contributed by atoms with E-state index in [1.807, 2.05) is 84.9 Å². The van der Waals surface area contributed by atoms with E-state index in [1.165, 1.54) is 0 Å². The van der Waals surface area contributed by atoms with Crippen molar-refractivity contribution in [1.29, 1.82) is 0 Å². The van der Waals surface area contributed by atoms with Gasteiger partial charge >= 0.3 is 0 Å². The van der Waals surface area contributed by atoms with Crippen LogP contribution >= 0.6 is 0 Å². The maximum absolute atomic E-state index is 12.7. The minimum atomic E-state index is -0.0456. The van der Waals surface area contributed by atoms with Crippen molar-refractivity contribution in [1.82, 2.24) is 25.9 Å². The van der Waals surface area contributed by atoms with Gasteiger partial charge in [-0.25, -0.2) is 0 Å². The number of hydrogen-bond acceptors (Lipinski definition) is 5. The van der Waals surface area contributed by atoms with Gasteiger partial charge < -0.3 is 10.1 Å². The molecule has 168 valence electrons. The maximum Gasteiger partial charge on any atom is 0.224 e. The molecule has 0 aliphatic heterocycles. The summed E-state index contributed by atoms with van der Waals surface area (Å²) in [5.74, 6) is 1.46. The Morgan fingerprint density at radius 3 is 2.24 bits per heavy atom. The highest BCUT2D eigenvalue weighted by atomic mass is 16.5. The third-order valence-electron chi connectivity index (χ3n) is 5.33. The van der Waals surface area contributed by atoms with Crippen molar-refractivity contribution < 1.29 is 9.53 Å². The van der Waals surface area contributed by atoms with Crippen LogP contribution in [0.15, 0.2) is 84.9 Å². The van der Waals surface area contributed by atoms with E-state index in [0.29, 0.717) is 38.1 Å². The molecule has 1 amide bonds. The zero-order valence-corrected chi connectivity index (χ0v) is 18.4. The quantitative estimate of drug-likeness (QED) is 0.370. The second-order valence-electron chi connectivity index (χ2n) is 7.92. The molecule has 0 spiro atoms. The van der Waals surface area contributed by atoms with Gasteiger partial charge in [-0.15, -0.1) is 10.2 Å². The summed E-state index contributed by atoms with van der Waals surface area (Å²) in [5, 5.41) is 17.3. The number of aromatic nitrogens is 4. The van der Waals surface area contributed by atoms with Gasteiger partial charge in [0.05, 0.1) is 6.42 Å². The lowest BCUT2D eigenvalue weighted by molar-refractivity contribution is -0.121. The number of carbonyl (C=O) groups excluding carboxylic acids is 1. The highest BCUT2D eigenvalue weighted by Crippen LogP contribution is 2.16. The number of benzene rings is 3. The summed E-state index contributed by atoms with van der Waals surface area (Å²) in [4.78, 5) is 12.7. The van der Waals surface area contributed by atoms with Gasteiger partial charge in [-0.05, 0) is 41.7 Å². The Balaban J connectivity index is 1.35. The van der Waals surface area contributed by atoms with Gasteiger partial charge in [0, 0.05) is 12.5 Å². The predicted molar refractivity (Wildman–Crippen MR) is 125 cm³/mol. The lowest BCUT2D eigenvalue weighted by Crippen LogP contribution is -2.37. The van der Waals surface area contributed by atoms with Crippen molar-refractivity contribution >= 4 is 5.91 Å². The van der Waals surface area contributed by atoms with E-state index in [9.17, 15) is 4.79 Å². The zero-order valence-electron chi connectivity index (χ0n) is 18.4. The Kier molecular flexibility index (Phi) is 7.79. The average molecular weight is 442 g/mol. The van der Waals surface area contributed by atoms with Crippen LogP contribution in [0.25, 0.3) is 0 Å². The van der Waals surface area contributed by atoms with Gasteiger partial charge in [0.25, 0.3) is 0 Å². The van der Waals surface area contributed by atoms with Gasteiger partial charge in [0.1, 0.15) is 12.4 Å². The lowest BCUT2D eigenvalue weighted by atomic mass is 10.0. The van der Waals surface area contributed by atoms with Crippen LogP contribution in [0.3, 0.4) is 0 Å². The monoisotopic (exact) mass is 441 g/mol. The number of aryl methyl sites for hydroxylation is 1. The molecule has 4 rings (SSSR count). The van der Waals surface area contributed by atoms with E-state index in [1.54, 1.807) is 0 Å². The highest BCUT2D eigenvalue weighted by molar-refractivity contribution is 5.78. The van der Waals surface area contributed by atoms with E-state index in [0.717, 1.165) is 22.4 Å². The molecule has 0 bridgehead atoms. The first kappa shape index (κ1) is 22.2. The predicted octanol–water partition coefficient (Wildman–Crippen LogP) is 3.68. The fourth-order valence-electron chi connectivity index (χ4n) is 3.62. The molecule has 1 atom stereocenters. The third-order valence-corrected chi connectivity index (χ3v) is 5.33. The minimum Gasteiger partial charge on any atom is -0.489 e.